The molecule has 0 saturated heterocycles. The molecule has 0 heterocycles. The van der Waals surface area contributed by atoms with Gasteiger partial charge in [-0.15, -0.1) is 0 Å². The van der Waals surface area contributed by atoms with E-state index in [4.69, 9.17) is 25.8 Å². The Morgan fingerprint density at radius 2 is 1.81 bits per heavy atom. The van der Waals surface area contributed by atoms with E-state index < -0.39 is 0 Å². The van der Waals surface area contributed by atoms with E-state index in [2.05, 4.69) is 10.3 Å². The van der Waals surface area contributed by atoms with Gasteiger partial charge in [-0.25, -0.2) is 0 Å². The van der Waals surface area contributed by atoms with E-state index in [0.717, 1.165) is 22.6 Å². The number of aliphatic imine (C=N–C) groups is 1. The molecule has 0 spiro atoms. The molecule has 0 bridgehead atoms. The molecule has 6 nitrogen and oxygen atoms in total. The monoisotopic (exact) mass is 452 g/mol. The van der Waals surface area contributed by atoms with Crippen LogP contribution in [0.2, 0.25) is 5.02 Å². The van der Waals surface area contributed by atoms with Gasteiger partial charge in [-0.2, -0.15) is 0 Å². The van der Waals surface area contributed by atoms with Gasteiger partial charge in [0.2, 0.25) is 0 Å². The molecule has 3 rings (SSSR count). The molecule has 0 unspecified atom stereocenters. The third kappa shape index (κ3) is 6.49. The SMILES string of the molecule is CCOc1ccc(N=Cc2ccc(OCC(=O)Nc3ccc(C)c(Cl)c3)c(OC)c2)cc1. The van der Waals surface area contributed by atoms with Crippen LogP contribution in [-0.4, -0.2) is 32.4 Å². The summed E-state index contributed by atoms with van der Waals surface area (Å²) in [5.41, 5.74) is 3.20. The summed E-state index contributed by atoms with van der Waals surface area (Å²) in [6.45, 7) is 4.30. The predicted molar refractivity (Wildman–Crippen MR) is 128 cm³/mol. The van der Waals surface area contributed by atoms with Crippen molar-refractivity contribution in [2.24, 2.45) is 4.99 Å². The number of ether oxygens (including phenoxy) is 3. The van der Waals surface area contributed by atoms with Gasteiger partial charge < -0.3 is 19.5 Å². The number of benzene rings is 3. The highest BCUT2D eigenvalue weighted by molar-refractivity contribution is 6.31. The standard InChI is InChI=1S/C25H25ClN2O4/c1-4-31-21-10-8-19(9-11-21)27-15-18-6-12-23(24(13-18)30-3)32-16-25(29)28-20-7-5-17(2)22(26)14-20/h5-15H,4,16H2,1-3H3,(H,28,29). The Morgan fingerprint density at radius 1 is 1.03 bits per heavy atom. The van der Waals surface area contributed by atoms with Crippen molar-refractivity contribution in [3.05, 3.63) is 76.8 Å². The van der Waals surface area contributed by atoms with Crippen LogP contribution in [-0.2, 0) is 4.79 Å². The molecule has 0 aliphatic rings. The summed E-state index contributed by atoms with van der Waals surface area (Å²) in [6, 6.07) is 18.2. The Kier molecular flexibility index (Phi) is 8.11. The summed E-state index contributed by atoms with van der Waals surface area (Å²) in [4.78, 5) is 16.7. The number of nitrogens with one attached hydrogen (secondary N) is 1. The van der Waals surface area contributed by atoms with E-state index in [1.807, 2.05) is 50.2 Å². The molecule has 0 atom stereocenters. The van der Waals surface area contributed by atoms with Gasteiger partial charge in [-0.05, 0) is 79.6 Å². The van der Waals surface area contributed by atoms with Crippen LogP contribution in [0.25, 0.3) is 0 Å². The summed E-state index contributed by atoms with van der Waals surface area (Å²) in [7, 11) is 1.55. The van der Waals surface area contributed by atoms with Gasteiger partial charge in [0.25, 0.3) is 5.91 Å². The molecule has 0 aromatic heterocycles. The summed E-state index contributed by atoms with van der Waals surface area (Å²) in [5, 5.41) is 3.35. The number of nitrogens with zero attached hydrogens (tertiary/aromatic N) is 1. The zero-order valence-electron chi connectivity index (χ0n) is 18.2. The largest absolute Gasteiger partial charge is 0.494 e. The predicted octanol–water partition coefficient (Wildman–Crippen LogP) is 5.82. The maximum Gasteiger partial charge on any atom is 0.262 e. The summed E-state index contributed by atoms with van der Waals surface area (Å²) in [5.74, 6) is 1.48. The molecule has 1 amide bonds. The third-order valence-electron chi connectivity index (χ3n) is 4.51. The normalized spacial score (nSPS) is 10.8. The number of aryl methyl sites for hydroxylation is 1. The highest BCUT2D eigenvalue weighted by Crippen LogP contribution is 2.28. The average molecular weight is 453 g/mol. The molecule has 0 saturated carbocycles. The van der Waals surface area contributed by atoms with Crippen LogP contribution < -0.4 is 19.5 Å². The van der Waals surface area contributed by atoms with Crippen molar-refractivity contribution >= 4 is 35.1 Å². The van der Waals surface area contributed by atoms with Gasteiger partial charge in [-0.3, -0.25) is 9.79 Å². The average Bonchev–Trinajstić information content (AvgIpc) is 2.80. The molecule has 0 aliphatic heterocycles. The first-order chi connectivity index (χ1) is 15.5. The van der Waals surface area contributed by atoms with Crippen LogP contribution in [0, 0.1) is 6.92 Å². The van der Waals surface area contributed by atoms with Crippen LogP contribution in [0.3, 0.4) is 0 Å². The van der Waals surface area contributed by atoms with Crippen molar-refractivity contribution in [3.8, 4) is 17.2 Å². The van der Waals surface area contributed by atoms with Crippen LogP contribution in [0.4, 0.5) is 11.4 Å². The van der Waals surface area contributed by atoms with E-state index in [1.165, 1.54) is 0 Å². The van der Waals surface area contributed by atoms with Crippen LogP contribution in [0.15, 0.2) is 65.7 Å². The summed E-state index contributed by atoms with van der Waals surface area (Å²) >= 11 is 6.09. The Labute approximate surface area is 192 Å². The minimum Gasteiger partial charge on any atom is -0.494 e. The Balaban J connectivity index is 1.60. The quantitative estimate of drug-likeness (QED) is 0.415. The van der Waals surface area contributed by atoms with Crippen molar-refractivity contribution in [1.29, 1.82) is 0 Å². The molecule has 3 aromatic rings. The lowest BCUT2D eigenvalue weighted by Gasteiger charge is -2.12. The fourth-order valence-corrected chi connectivity index (χ4v) is 3.02. The van der Waals surface area contributed by atoms with Gasteiger partial charge in [-0.1, -0.05) is 17.7 Å². The number of anilines is 1. The van der Waals surface area contributed by atoms with E-state index in [-0.39, 0.29) is 12.5 Å². The van der Waals surface area contributed by atoms with Crippen LogP contribution in [0.5, 0.6) is 17.2 Å². The number of hydrogen-bond donors (Lipinski definition) is 1. The fraction of sp³-hybridized carbons (Fsp3) is 0.200. The van der Waals surface area contributed by atoms with Gasteiger partial charge in [0, 0.05) is 16.9 Å². The molecule has 3 aromatic carbocycles. The first-order valence-electron chi connectivity index (χ1n) is 10.1. The first kappa shape index (κ1) is 23.2. The smallest absolute Gasteiger partial charge is 0.262 e. The lowest BCUT2D eigenvalue weighted by molar-refractivity contribution is -0.118. The van der Waals surface area contributed by atoms with E-state index in [9.17, 15) is 4.79 Å². The van der Waals surface area contributed by atoms with Crippen molar-refractivity contribution in [2.75, 3.05) is 25.6 Å². The number of carbonyl (C=O) groups is 1. The van der Waals surface area contributed by atoms with Gasteiger partial charge in [0.15, 0.2) is 18.1 Å². The Morgan fingerprint density at radius 3 is 2.50 bits per heavy atom. The molecular weight excluding hydrogens is 428 g/mol. The molecule has 166 valence electrons. The Hall–Kier alpha value is -3.51. The summed E-state index contributed by atoms with van der Waals surface area (Å²) in [6.07, 6.45) is 1.73. The van der Waals surface area contributed by atoms with E-state index >= 15 is 0 Å². The second-order valence-electron chi connectivity index (χ2n) is 6.90. The zero-order chi connectivity index (χ0) is 22.9. The lowest BCUT2D eigenvalue weighted by Crippen LogP contribution is -2.20. The number of carbonyl (C=O) groups excluding carboxylic acids is 1. The molecule has 32 heavy (non-hydrogen) atoms. The zero-order valence-corrected chi connectivity index (χ0v) is 19.0. The van der Waals surface area contributed by atoms with E-state index in [0.29, 0.717) is 28.8 Å². The summed E-state index contributed by atoms with van der Waals surface area (Å²) < 4.78 is 16.5. The van der Waals surface area contributed by atoms with E-state index in [1.54, 1.807) is 37.6 Å². The highest BCUT2D eigenvalue weighted by Gasteiger charge is 2.09. The first-order valence-corrected chi connectivity index (χ1v) is 10.5. The molecule has 0 aliphatic carbocycles. The van der Waals surface area contributed by atoms with Crippen molar-refractivity contribution in [3.63, 3.8) is 0 Å². The molecule has 0 fully saturated rings. The number of methoxy groups -OCH3 is 1. The lowest BCUT2D eigenvalue weighted by atomic mass is 10.2. The molecule has 1 N–H and O–H groups in total. The highest BCUT2D eigenvalue weighted by atomic mass is 35.5. The fourth-order valence-electron chi connectivity index (χ4n) is 2.84. The number of hydrogen-bond acceptors (Lipinski definition) is 5. The van der Waals surface area contributed by atoms with Crippen LogP contribution in [0.1, 0.15) is 18.1 Å². The number of rotatable bonds is 9. The second kappa shape index (κ2) is 11.2. The third-order valence-corrected chi connectivity index (χ3v) is 4.92. The van der Waals surface area contributed by atoms with Crippen molar-refractivity contribution in [1.82, 2.24) is 0 Å². The number of halogens is 1. The minimum absolute atomic E-state index is 0.165. The minimum atomic E-state index is -0.298. The van der Waals surface area contributed by atoms with Crippen molar-refractivity contribution < 1.29 is 19.0 Å². The van der Waals surface area contributed by atoms with Gasteiger partial charge >= 0.3 is 0 Å². The molecule has 0 radical (unpaired) electrons. The topological polar surface area (TPSA) is 69.2 Å². The maximum absolute atomic E-state index is 12.2. The Bertz CT molecular complexity index is 1100. The van der Waals surface area contributed by atoms with Crippen molar-refractivity contribution in [2.45, 2.75) is 13.8 Å². The molecular formula is C25H25ClN2O4. The number of amides is 1. The second-order valence-corrected chi connectivity index (χ2v) is 7.30. The maximum atomic E-state index is 12.2. The van der Waals surface area contributed by atoms with Gasteiger partial charge in [0.1, 0.15) is 5.75 Å². The van der Waals surface area contributed by atoms with Crippen LogP contribution >= 0.6 is 11.6 Å². The molecule has 7 heteroatoms. The van der Waals surface area contributed by atoms with Gasteiger partial charge in [0.05, 0.1) is 19.4 Å².